The number of aliphatic hydroxyl groups excluding tert-OH is 2. The molecule has 0 bridgehead atoms. The fourth-order valence-corrected chi connectivity index (χ4v) is 4.94. The number of hydrogen-bond acceptors (Lipinski definition) is 8. The Balaban J connectivity index is 1.50. The van der Waals surface area contributed by atoms with E-state index in [1.54, 1.807) is 12.4 Å². The van der Waals surface area contributed by atoms with Gasteiger partial charge in [0.15, 0.2) is 12.2 Å². The van der Waals surface area contributed by atoms with Gasteiger partial charge in [0.25, 0.3) is 0 Å². The minimum atomic E-state index is -1.15. The molecule has 1 spiro atoms. The van der Waals surface area contributed by atoms with Crippen molar-refractivity contribution in [2.75, 3.05) is 32.6 Å². The first kappa shape index (κ1) is 21.1. The molecular formula is C22H31N5O3. The zero-order chi connectivity index (χ0) is 21.4. The molecule has 1 aliphatic carbocycles. The Labute approximate surface area is 177 Å². The molecule has 1 saturated carbocycles. The summed E-state index contributed by atoms with van der Waals surface area (Å²) >= 11 is 0. The van der Waals surface area contributed by atoms with Crippen LogP contribution >= 0.6 is 0 Å². The first-order valence-electron chi connectivity index (χ1n) is 10.4. The Morgan fingerprint density at radius 3 is 2.33 bits per heavy atom. The number of rotatable bonds is 5. The summed E-state index contributed by atoms with van der Waals surface area (Å²) in [7, 11) is 5.70. The Morgan fingerprint density at radius 1 is 1.13 bits per heavy atom. The fraction of sp³-hybridized carbons (Fsp3) is 0.545. The minimum absolute atomic E-state index is 0.00755. The van der Waals surface area contributed by atoms with Gasteiger partial charge in [-0.3, -0.25) is 10.2 Å². The summed E-state index contributed by atoms with van der Waals surface area (Å²) in [4.78, 5) is 12.6. The summed E-state index contributed by atoms with van der Waals surface area (Å²) < 4.78 is 4.84. The molecular weight excluding hydrogens is 382 g/mol. The van der Waals surface area contributed by atoms with E-state index in [-0.39, 0.29) is 16.9 Å². The number of aliphatic hydroxyl groups is 2. The first-order chi connectivity index (χ1) is 14.4. The van der Waals surface area contributed by atoms with Crippen LogP contribution < -0.4 is 10.2 Å². The maximum atomic E-state index is 10.7. The average molecular weight is 414 g/mol. The van der Waals surface area contributed by atoms with Crippen molar-refractivity contribution in [3.05, 3.63) is 54.1 Å². The standard InChI is InChI=1S/C22H31N5O3/c1-26(2)22(16-7-5-4-6-8-16)11-9-21(10-12-22)15-27(20(29)25-21)17-13-23-18(24-14-17)19(28)30-3/h4-8,13-14,19-20,25,28-29H,9-12,15H2,1-3H3/t19?,20?,21-,22+. The molecule has 30 heavy (non-hydrogen) atoms. The highest BCUT2D eigenvalue weighted by Crippen LogP contribution is 2.46. The van der Waals surface area contributed by atoms with Gasteiger partial charge >= 0.3 is 0 Å². The van der Waals surface area contributed by atoms with Gasteiger partial charge in [-0.2, -0.15) is 0 Å². The molecule has 8 heteroatoms. The van der Waals surface area contributed by atoms with E-state index in [2.05, 4.69) is 64.6 Å². The molecule has 0 amide bonds. The molecule has 4 rings (SSSR count). The van der Waals surface area contributed by atoms with Gasteiger partial charge in [0.1, 0.15) is 0 Å². The van der Waals surface area contributed by atoms with Gasteiger partial charge in [-0.15, -0.1) is 0 Å². The van der Waals surface area contributed by atoms with Gasteiger partial charge in [0.05, 0.1) is 18.1 Å². The largest absolute Gasteiger partial charge is 0.362 e. The molecule has 1 aliphatic heterocycles. The number of benzene rings is 1. The maximum Gasteiger partial charge on any atom is 0.216 e. The third kappa shape index (κ3) is 3.70. The predicted molar refractivity (Wildman–Crippen MR) is 113 cm³/mol. The summed E-state index contributed by atoms with van der Waals surface area (Å²) in [6.07, 6.45) is 5.21. The third-order valence-corrected chi connectivity index (χ3v) is 6.84. The van der Waals surface area contributed by atoms with Gasteiger partial charge in [-0.05, 0) is 45.3 Å². The van der Waals surface area contributed by atoms with E-state index in [0.29, 0.717) is 12.2 Å². The summed E-state index contributed by atoms with van der Waals surface area (Å²) in [6.45, 7) is 0.683. The molecule has 1 aromatic heterocycles. The number of hydrogen-bond donors (Lipinski definition) is 3. The first-order valence-corrected chi connectivity index (χ1v) is 10.4. The summed E-state index contributed by atoms with van der Waals surface area (Å²) in [5.41, 5.74) is 1.92. The third-order valence-electron chi connectivity index (χ3n) is 6.84. The van der Waals surface area contributed by atoms with Crippen molar-refractivity contribution < 1.29 is 14.9 Å². The second-order valence-corrected chi connectivity index (χ2v) is 8.61. The van der Waals surface area contributed by atoms with Crippen molar-refractivity contribution in [3.63, 3.8) is 0 Å². The maximum absolute atomic E-state index is 10.7. The number of aromatic nitrogens is 2. The van der Waals surface area contributed by atoms with Crippen LogP contribution in [0.15, 0.2) is 42.7 Å². The van der Waals surface area contributed by atoms with E-state index >= 15 is 0 Å². The highest BCUT2D eigenvalue weighted by Gasteiger charge is 2.50. The zero-order valence-corrected chi connectivity index (χ0v) is 17.8. The Bertz CT molecular complexity index is 838. The highest BCUT2D eigenvalue weighted by atomic mass is 16.6. The van der Waals surface area contributed by atoms with Crippen LogP contribution in [-0.4, -0.2) is 64.7 Å². The van der Waals surface area contributed by atoms with Crippen LogP contribution in [0.2, 0.25) is 0 Å². The van der Waals surface area contributed by atoms with E-state index in [0.717, 1.165) is 25.7 Å². The summed E-state index contributed by atoms with van der Waals surface area (Å²) in [6, 6.07) is 10.7. The SMILES string of the molecule is COC(O)c1ncc(N2C[C@]3(CC[C@](c4ccccc4)(N(C)C)CC3)NC2O)cn1. The quantitative estimate of drug-likeness (QED) is 0.636. The lowest BCUT2D eigenvalue weighted by molar-refractivity contribution is -0.0830. The van der Waals surface area contributed by atoms with Crippen LogP contribution in [0.4, 0.5) is 5.69 Å². The molecule has 2 heterocycles. The molecule has 1 saturated heterocycles. The molecule has 2 aliphatic rings. The number of methoxy groups -OCH3 is 1. The van der Waals surface area contributed by atoms with Crippen molar-refractivity contribution >= 4 is 5.69 Å². The van der Waals surface area contributed by atoms with Gasteiger partial charge in [0.2, 0.25) is 6.29 Å². The van der Waals surface area contributed by atoms with Gasteiger partial charge in [0, 0.05) is 24.7 Å². The van der Waals surface area contributed by atoms with Crippen LogP contribution in [0.5, 0.6) is 0 Å². The van der Waals surface area contributed by atoms with E-state index < -0.39 is 12.6 Å². The molecule has 8 nitrogen and oxygen atoms in total. The molecule has 2 aromatic rings. The smallest absolute Gasteiger partial charge is 0.216 e. The summed E-state index contributed by atoms with van der Waals surface area (Å²) in [5.74, 6) is 0.203. The lowest BCUT2D eigenvalue weighted by Gasteiger charge is -2.49. The van der Waals surface area contributed by atoms with Crippen molar-refractivity contribution in [2.24, 2.45) is 0 Å². The molecule has 0 radical (unpaired) electrons. The van der Waals surface area contributed by atoms with Crippen molar-refractivity contribution in [1.29, 1.82) is 0 Å². The van der Waals surface area contributed by atoms with Crippen molar-refractivity contribution in [3.8, 4) is 0 Å². The van der Waals surface area contributed by atoms with Gasteiger partial charge in [-0.1, -0.05) is 30.3 Å². The molecule has 2 unspecified atom stereocenters. The van der Waals surface area contributed by atoms with E-state index in [1.807, 2.05) is 4.90 Å². The number of nitrogens with one attached hydrogen (secondary N) is 1. The Hall–Kier alpha value is -2.10. The summed E-state index contributed by atoms with van der Waals surface area (Å²) in [5, 5.41) is 23.8. The second kappa shape index (κ2) is 8.20. The van der Waals surface area contributed by atoms with E-state index in [1.165, 1.54) is 12.7 Å². The normalized spacial score (nSPS) is 30.2. The van der Waals surface area contributed by atoms with Crippen LogP contribution in [-0.2, 0) is 10.3 Å². The number of anilines is 1. The predicted octanol–water partition coefficient (Wildman–Crippen LogP) is 1.57. The Morgan fingerprint density at radius 2 is 1.77 bits per heavy atom. The highest BCUT2D eigenvalue weighted by molar-refractivity contribution is 5.45. The fourth-order valence-electron chi connectivity index (χ4n) is 4.94. The number of nitrogens with zero attached hydrogens (tertiary/aromatic N) is 4. The van der Waals surface area contributed by atoms with Crippen LogP contribution in [0.25, 0.3) is 0 Å². The average Bonchev–Trinajstić information content (AvgIpc) is 3.10. The molecule has 1 aromatic carbocycles. The van der Waals surface area contributed by atoms with Crippen LogP contribution in [0.3, 0.4) is 0 Å². The minimum Gasteiger partial charge on any atom is -0.362 e. The molecule has 3 N–H and O–H groups in total. The van der Waals surface area contributed by atoms with Gasteiger partial charge in [-0.25, -0.2) is 9.97 Å². The Kier molecular flexibility index (Phi) is 5.78. The lowest BCUT2D eigenvalue weighted by atomic mass is 9.69. The van der Waals surface area contributed by atoms with E-state index in [4.69, 9.17) is 4.74 Å². The van der Waals surface area contributed by atoms with E-state index in [9.17, 15) is 10.2 Å². The lowest BCUT2D eigenvalue weighted by Crippen LogP contribution is -2.54. The van der Waals surface area contributed by atoms with Crippen molar-refractivity contribution in [1.82, 2.24) is 20.2 Å². The number of ether oxygens (including phenoxy) is 1. The monoisotopic (exact) mass is 413 g/mol. The van der Waals surface area contributed by atoms with Crippen LogP contribution in [0.1, 0.15) is 43.4 Å². The topological polar surface area (TPSA) is 94.0 Å². The van der Waals surface area contributed by atoms with Gasteiger partial charge < -0.3 is 19.8 Å². The second-order valence-electron chi connectivity index (χ2n) is 8.61. The zero-order valence-electron chi connectivity index (χ0n) is 17.8. The van der Waals surface area contributed by atoms with Crippen LogP contribution in [0, 0.1) is 0 Å². The molecule has 2 atom stereocenters. The molecule has 2 fully saturated rings. The molecule has 162 valence electrons. The van der Waals surface area contributed by atoms with Crippen molar-refractivity contribution in [2.45, 2.75) is 49.4 Å².